The van der Waals surface area contributed by atoms with Crippen LogP contribution in [0.1, 0.15) is 92.9 Å². The third-order valence-electron chi connectivity index (χ3n) is 6.46. The van der Waals surface area contributed by atoms with E-state index in [-0.39, 0.29) is 11.6 Å². The second-order valence-corrected chi connectivity index (χ2v) is 9.51. The summed E-state index contributed by atoms with van der Waals surface area (Å²) in [5.74, 6) is -0.860. The third kappa shape index (κ3) is 9.71. The van der Waals surface area contributed by atoms with E-state index in [1.54, 1.807) is 27.7 Å². The van der Waals surface area contributed by atoms with Crippen LogP contribution in [0.3, 0.4) is 0 Å². The van der Waals surface area contributed by atoms with E-state index in [0.29, 0.717) is 48.0 Å². The van der Waals surface area contributed by atoms with E-state index in [1.807, 2.05) is 6.92 Å². The fourth-order valence-electron chi connectivity index (χ4n) is 3.87. The Morgan fingerprint density at radius 1 is 0.848 bits per heavy atom. The number of Topliss-reactive ketones (excluding diaryl/α,β-unsaturated/α-hetero) is 2. The van der Waals surface area contributed by atoms with E-state index >= 15 is 0 Å². The molecule has 0 aliphatic heterocycles. The molecule has 5 heteroatoms. The minimum Gasteiger partial charge on any atom is -0.390 e. The Hall–Kier alpha value is -2.14. The Labute approximate surface area is 198 Å². The zero-order chi connectivity index (χ0) is 25.2. The third-order valence-corrected chi connectivity index (χ3v) is 6.46. The van der Waals surface area contributed by atoms with Gasteiger partial charge in [0.05, 0.1) is 5.60 Å². The molecular weight excluding hydrogens is 422 g/mol. The molecule has 1 aliphatic carbocycles. The summed E-state index contributed by atoms with van der Waals surface area (Å²) in [7, 11) is 0. The first-order valence-electron chi connectivity index (χ1n) is 11.8. The quantitative estimate of drug-likeness (QED) is 0.229. The maximum absolute atomic E-state index is 12.8. The summed E-state index contributed by atoms with van der Waals surface area (Å²) >= 11 is 0. The van der Waals surface area contributed by atoms with Gasteiger partial charge in [-0.05, 0) is 99.0 Å². The van der Waals surface area contributed by atoms with Gasteiger partial charge >= 0.3 is 0 Å². The Balaban J connectivity index is 2.47. The fraction of sp³-hybridized carbons (Fsp3) is 0.571. The van der Waals surface area contributed by atoms with Crippen LogP contribution in [0.25, 0.3) is 0 Å². The molecule has 0 heterocycles. The number of ketones is 2. The number of allylic oxidation sites excluding steroid dienone is 10. The van der Waals surface area contributed by atoms with Gasteiger partial charge in [-0.1, -0.05) is 23.3 Å². The van der Waals surface area contributed by atoms with E-state index in [9.17, 15) is 23.5 Å². The van der Waals surface area contributed by atoms with Crippen molar-refractivity contribution in [2.45, 2.75) is 98.5 Å². The maximum Gasteiger partial charge on any atom is 0.185 e. The van der Waals surface area contributed by atoms with Gasteiger partial charge in [-0.15, -0.1) is 0 Å². The summed E-state index contributed by atoms with van der Waals surface area (Å²) in [4.78, 5) is 24.9. The van der Waals surface area contributed by atoms with E-state index in [0.717, 1.165) is 31.3 Å². The number of carbonyl (C=O) groups excluding carboxylic acids is 2. The van der Waals surface area contributed by atoms with Crippen molar-refractivity contribution in [3.63, 3.8) is 0 Å². The predicted molar refractivity (Wildman–Crippen MR) is 131 cm³/mol. The van der Waals surface area contributed by atoms with Gasteiger partial charge in [0.1, 0.15) is 12.5 Å². The lowest BCUT2D eigenvalue weighted by Gasteiger charge is -2.25. The normalized spacial score (nSPS) is 18.4. The molecule has 0 aromatic carbocycles. The van der Waals surface area contributed by atoms with Gasteiger partial charge in [-0.2, -0.15) is 0 Å². The first kappa shape index (κ1) is 28.9. The van der Waals surface area contributed by atoms with Crippen LogP contribution in [0, 0.1) is 0 Å². The Morgan fingerprint density at radius 3 is 1.94 bits per heavy atom. The summed E-state index contributed by atoms with van der Waals surface area (Å²) < 4.78 is 24.8. The molecule has 0 aromatic rings. The average Bonchev–Trinajstić information content (AvgIpc) is 2.76. The Morgan fingerprint density at radius 2 is 1.36 bits per heavy atom. The lowest BCUT2D eigenvalue weighted by Crippen LogP contribution is -2.26. The molecule has 0 radical (unpaired) electrons. The van der Waals surface area contributed by atoms with Crippen molar-refractivity contribution in [2.24, 2.45) is 0 Å². The molecule has 33 heavy (non-hydrogen) atoms. The standard InChI is InChI=1S/C28H40F2O3/c1-19(12-8-14-24(30)18-29)10-7-11-20(2)13-9-16-28(6,33)17-15-25-23(5)26(31)21(3)22(4)27(25)32/h10,13-14,33H,7-9,11-12,15-18H2,1-6H3/b19-10+,20-13+,24-14-/t28-/m1/s1. The van der Waals surface area contributed by atoms with Gasteiger partial charge in [0.15, 0.2) is 11.6 Å². The molecule has 0 unspecified atom stereocenters. The van der Waals surface area contributed by atoms with Crippen molar-refractivity contribution >= 4 is 11.6 Å². The highest BCUT2D eigenvalue weighted by molar-refractivity contribution is 6.24. The Bertz CT molecular complexity index is 883. The molecule has 1 rings (SSSR count). The van der Waals surface area contributed by atoms with Gasteiger partial charge in [-0.25, -0.2) is 8.78 Å². The van der Waals surface area contributed by atoms with Gasteiger partial charge < -0.3 is 5.11 Å². The van der Waals surface area contributed by atoms with Crippen molar-refractivity contribution in [1.29, 1.82) is 0 Å². The molecule has 0 saturated heterocycles. The number of halogens is 2. The summed E-state index contributed by atoms with van der Waals surface area (Å²) in [6.07, 6.45) is 10.7. The second kappa shape index (κ2) is 13.5. The van der Waals surface area contributed by atoms with Crippen molar-refractivity contribution in [3.05, 3.63) is 57.5 Å². The molecule has 1 N–H and O–H groups in total. The van der Waals surface area contributed by atoms with Gasteiger partial charge in [0, 0.05) is 22.3 Å². The van der Waals surface area contributed by atoms with Crippen LogP contribution >= 0.6 is 0 Å². The van der Waals surface area contributed by atoms with Crippen LogP contribution in [-0.2, 0) is 9.59 Å². The van der Waals surface area contributed by atoms with Crippen molar-refractivity contribution in [3.8, 4) is 0 Å². The van der Waals surface area contributed by atoms with E-state index in [2.05, 4.69) is 19.1 Å². The summed E-state index contributed by atoms with van der Waals surface area (Å²) in [5, 5.41) is 10.8. The average molecular weight is 463 g/mol. The molecule has 3 nitrogen and oxygen atoms in total. The predicted octanol–water partition coefficient (Wildman–Crippen LogP) is 7.38. The van der Waals surface area contributed by atoms with Crippen LogP contribution in [0.4, 0.5) is 8.78 Å². The topological polar surface area (TPSA) is 54.4 Å². The lowest BCUT2D eigenvalue weighted by atomic mass is 9.82. The number of alkyl halides is 1. The SMILES string of the molecule is CC1=C(C)C(=O)C(CC[C@](C)(O)CC/C=C(\C)CC/C=C(\C)CC/C=C(\F)CF)=C(C)C1=O. The zero-order valence-electron chi connectivity index (χ0n) is 21.1. The van der Waals surface area contributed by atoms with Gasteiger partial charge in [0.25, 0.3) is 0 Å². The first-order valence-corrected chi connectivity index (χ1v) is 11.8. The van der Waals surface area contributed by atoms with Gasteiger partial charge in [-0.3, -0.25) is 9.59 Å². The number of hydrogen-bond donors (Lipinski definition) is 1. The molecule has 0 saturated carbocycles. The lowest BCUT2D eigenvalue weighted by molar-refractivity contribution is -0.116. The first-order chi connectivity index (χ1) is 15.4. The molecule has 184 valence electrons. The van der Waals surface area contributed by atoms with E-state index in [4.69, 9.17) is 0 Å². The Kier molecular flexibility index (Phi) is 11.9. The molecule has 1 aliphatic rings. The molecule has 1 atom stereocenters. The molecule has 0 bridgehead atoms. The highest BCUT2D eigenvalue weighted by Gasteiger charge is 2.29. The highest BCUT2D eigenvalue weighted by atomic mass is 19.2. The van der Waals surface area contributed by atoms with Crippen molar-refractivity contribution in [2.75, 3.05) is 6.67 Å². The number of carbonyl (C=O) groups is 2. The van der Waals surface area contributed by atoms with Crippen LogP contribution < -0.4 is 0 Å². The molecule has 0 amide bonds. The number of hydrogen-bond acceptors (Lipinski definition) is 3. The molecule has 0 fully saturated rings. The zero-order valence-corrected chi connectivity index (χ0v) is 21.1. The largest absolute Gasteiger partial charge is 0.390 e. The van der Waals surface area contributed by atoms with Crippen LogP contribution in [-0.4, -0.2) is 28.9 Å². The summed E-state index contributed by atoms with van der Waals surface area (Å²) in [6, 6.07) is 0. The monoisotopic (exact) mass is 462 g/mol. The molecule has 0 spiro atoms. The minimum atomic E-state index is -1.04. The van der Waals surface area contributed by atoms with E-state index < -0.39 is 18.1 Å². The van der Waals surface area contributed by atoms with Gasteiger partial charge in [0.2, 0.25) is 0 Å². The van der Waals surface area contributed by atoms with Crippen molar-refractivity contribution < 1.29 is 23.5 Å². The fourth-order valence-corrected chi connectivity index (χ4v) is 3.87. The molecular formula is C28H40F2O3. The maximum atomic E-state index is 12.8. The number of rotatable bonds is 13. The summed E-state index contributed by atoms with van der Waals surface area (Å²) in [5.41, 5.74) is 3.53. The van der Waals surface area contributed by atoms with Crippen molar-refractivity contribution in [1.82, 2.24) is 0 Å². The van der Waals surface area contributed by atoms with Crippen LogP contribution in [0.15, 0.2) is 57.5 Å². The summed E-state index contributed by atoms with van der Waals surface area (Å²) in [6.45, 7) is 9.88. The second-order valence-electron chi connectivity index (χ2n) is 9.51. The minimum absolute atomic E-state index is 0.0759. The smallest absolute Gasteiger partial charge is 0.185 e. The number of aliphatic hydroxyl groups is 1. The van der Waals surface area contributed by atoms with Crippen LogP contribution in [0.5, 0.6) is 0 Å². The van der Waals surface area contributed by atoms with Crippen LogP contribution in [0.2, 0.25) is 0 Å². The highest BCUT2D eigenvalue weighted by Crippen LogP contribution is 2.30. The molecule has 0 aromatic heterocycles. The van der Waals surface area contributed by atoms with E-state index in [1.165, 1.54) is 11.6 Å².